The zero-order chi connectivity index (χ0) is 18.6. The van der Waals surface area contributed by atoms with Crippen LogP contribution in [0, 0.1) is 24.0 Å². The number of esters is 2. The van der Waals surface area contributed by atoms with E-state index in [0.717, 1.165) is 0 Å². The van der Waals surface area contributed by atoms with Crippen molar-refractivity contribution >= 4 is 17.6 Å². The van der Waals surface area contributed by atoms with Crippen LogP contribution in [0.15, 0.2) is 24.3 Å². The number of aromatic nitrogens is 1. The minimum Gasteiger partial charge on any atom is -0.462 e. The summed E-state index contributed by atoms with van der Waals surface area (Å²) in [4.78, 5) is 37.3. The molecular formula is C17H18N2O6. The topological polar surface area (TPSA) is 112 Å². The lowest BCUT2D eigenvalue weighted by Gasteiger charge is -2.05. The third-order valence-corrected chi connectivity index (χ3v) is 3.61. The summed E-state index contributed by atoms with van der Waals surface area (Å²) in [6, 6.07) is 5.83. The molecule has 0 unspecified atom stereocenters. The van der Waals surface area contributed by atoms with Gasteiger partial charge in [-0.25, -0.2) is 9.59 Å². The molecule has 8 nitrogen and oxygen atoms in total. The molecule has 0 spiro atoms. The van der Waals surface area contributed by atoms with Crippen LogP contribution in [-0.4, -0.2) is 28.5 Å². The molecule has 1 heterocycles. The van der Waals surface area contributed by atoms with Crippen LogP contribution < -0.4 is 0 Å². The highest BCUT2D eigenvalue weighted by atomic mass is 16.6. The number of aryl methyl sites for hydroxylation is 1. The van der Waals surface area contributed by atoms with E-state index < -0.39 is 16.9 Å². The van der Waals surface area contributed by atoms with E-state index in [9.17, 15) is 19.7 Å². The summed E-state index contributed by atoms with van der Waals surface area (Å²) in [5.41, 5.74) is 1.84. The van der Waals surface area contributed by atoms with E-state index in [1.807, 2.05) is 0 Å². The van der Waals surface area contributed by atoms with Gasteiger partial charge in [-0.05, 0) is 31.9 Å². The molecule has 0 aliphatic heterocycles. The number of nitro benzene ring substituents is 1. The first-order valence-corrected chi connectivity index (χ1v) is 7.61. The minimum absolute atomic E-state index is 0.0787. The van der Waals surface area contributed by atoms with Crippen molar-refractivity contribution in [1.29, 1.82) is 0 Å². The Morgan fingerprint density at radius 2 is 1.92 bits per heavy atom. The average Bonchev–Trinajstić information content (AvgIpc) is 2.87. The molecule has 132 valence electrons. The normalized spacial score (nSPS) is 10.4. The van der Waals surface area contributed by atoms with Gasteiger partial charge in [-0.3, -0.25) is 10.1 Å². The molecule has 2 aromatic rings. The first kappa shape index (κ1) is 18.2. The van der Waals surface area contributed by atoms with Gasteiger partial charge in [0, 0.05) is 17.8 Å². The number of hydrogen-bond acceptors (Lipinski definition) is 6. The molecule has 0 amide bonds. The smallest absolute Gasteiger partial charge is 0.355 e. The van der Waals surface area contributed by atoms with E-state index in [1.54, 1.807) is 26.8 Å². The zero-order valence-corrected chi connectivity index (χ0v) is 14.1. The lowest BCUT2D eigenvalue weighted by atomic mass is 10.1. The third kappa shape index (κ3) is 4.03. The van der Waals surface area contributed by atoms with E-state index in [4.69, 9.17) is 9.47 Å². The van der Waals surface area contributed by atoms with Gasteiger partial charge in [0.25, 0.3) is 5.69 Å². The van der Waals surface area contributed by atoms with E-state index >= 15 is 0 Å². The average molecular weight is 346 g/mol. The number of carbonyl (C=O) groups excluding carboxylic acids is 2. The van der Waals surface area contributed by atoms with Crippen molar-refractivity contribution in [1.82, 2.24) is 4.98 Å². The lowest BCUT2D eigenvalue weighted by molar-refractivity contribution is -0.384. The van der Waals surface area contributed by atoms with Gasteiger partial charge in [-0.1, -0.05) is 12.1 Å². The maximum Gasteiger partial charge on any atom is 0.355 e. The Bertz CT molecular complexity index is 825. The number of hydrogen-bond donors (Lipinski definition) is 1. The second-order valence-electron chi connectivity index (χ2n) is 5.35. The molecule has 0 aliphatic rings. The summed E-state index contributed by atoms with van der Waals surface area (Å²) in [6.45, 7) is 5.10. The van der Waals surface area contributed by atoms with E-state index in [-0.39, 0.29) is 24.6 Å². The van der Waals surface area contributed by atoms with Crippen LogP contribution in [0.3, 0.4) is 0 Å². The van der Waals surface area contributed by atoms with Crippen molar-refractivity contribution in [2.75, 3.05) is 6.61 Å². The highest BCUT2D eigenvalue weighted by molar-refractivity contribution is 5.98. The Kier molecular flexibility index (Phi) is 5.53. The molecule has 0 aliphatic carbocycles. The Morgan fingerprint density at radius 3 is 2.56 bits per heavy atom. The largest absolute Gasteiger partial charge is 0.462 e. The predicted molar refractivity (Wildman–Crippen MR) is 88.4 cm³/mol. The summed E-state index contributed by atoms with van der Waals surface area (Å²) in [6.07, 6.45) is 0. The molecule has 1 N–H and O–H groups in total. The Hall–Kier alpha value is -3.16. The fourth-order valence-corrected chi connectivity index (χ4v) is 2.44. The van der Waals surface area contributed by atoms with Crippen molar-refractivity contribution in [2.45, 2.75) is 27.4 Å². The minimum atomic E-state index is -0.650. The van der Waals surface area contributed by atoms with Crippen LogP contribution in [0.25, 0.3) is 0 Å². The molecule has 0 saturated carbocycles. The van der Waals surface area contributed by atoms with Crippen molar-refractivity contribution in [3.63, 3.8) is 0 Å². The maximum absolute atomic E-state index is 12.3. The van der Waals surface area contributed by atoms with E-state index in [1.165, 1.54) is 18.2 Å². The van der Waals surface area contributed by atoms with Gasteiger partial charge in [-0.2, -0.15) is 0 Å². The fraction of sp³-hybridized carbons (Fsp3) is 0.294. The van der Waals surface area contributed by atoms with Crippen LogP contribution in [0.5, 0.6) is 0 Å². The van der Waals surface area contributed by atoms with Crippen molar-refractivity contribution in [3.8, 4) is 0 Å². The number of nitrogens with one attached hydrogen (secondary N) is 1. The van der Waals surface area contributed by atoms with Gasteiger partial charge in [0.2, 0.25) is 0 Å². The first-order valence-electron chi connectivity index (χ1n) is 7.61. The number of H-pyrrole nitrogens is 1. The molecule has 8 heteroatoms. The number of benzene rings is 1. The van der Waals surface area contributed by atoms with Gasteiger partial charge >= 0.3 is 11.9 Å². The summed E-state index contributed by atoms with van der Waals surface area (Å²) in [5, 5.41) is 10.8. The molecular weight excluding hydrogens is 328 g/mol. The number of non-ortho nitro benzene ring substituents is 1. The van der Waals surface area contributed by atoms with Crippen LogP contribution in [0.4, 0.5) is 5.69 Å². The summed E-state index contributed by atoms with van der Waals surface area (Å²) < 4.78 is 10.2. The number of rotatable bonds is 6. The van der Waals surface area contributed by atoms with Gasteiger partial charge in [0.15, 0.2) is 0 Å². The number of nitrogens with zero attached hydrogens (tertiary/aromatic N) is 1. The van der Waals surface area contributed by atoms with Crippen molar-refractivity contribution in [3.05, 3.63) is 62.5 Å². The monoisotopic (exact) mass is 346 g/mol. The first-order chi connectivity index (χ1) is 11.8. The van der Waals surface area contributed by atoms with E-state index in [2.05, 4.69) is 4.98 Å². The highest BCUT2D eigenvalue weighted by Crippen LogP contribution is 2.21. The standard InChI is InChI=1S/C17H18N2O6/c1-4-24-16(20)14-10(2)15(18-11(14)3)17(21)25-9-12-6-5-7-13(8-12)19(22)23/h5-8,18H,4,9H2,1-3H3. The molecule has 0 fully saturated rings. The van der Waals surface area contributed by atoms with E-state index in [0.29, 0.717) is 22.4 Å². The van der Waals surface area contributed by atoms with Crippen LogP contribution in [0.1, 0.15) is 44.6 Å². The van der Waals surface area contributed by atoms with Crippen LogP contribution in [0.2, 0.25) is 0 Å². The molecule has 0 atom stereocenters. The summed E-state index contributed by atoms with van der Waals surface area (Å²) in [5.74, 6) is -1.16. The van der Waals surface area contributed by atoms with Crippen molar-refractivity contribution in [2.24, 2.45) is 0 Å². The Balaban J connectivity index is 2.14. The van der Waals surface area contributed by atoms with Crippen LogP contribution >= 0.6 is 0 Å². The predicted octanol–water partition coefficient (Wildman–Crippen LogP) is 3.07. The summed E-state index contributed by atoms with van der Waals surface area (Å²) in [7, 11) is 0. The zero-order valence-electron chi connectivity index (χ0n) is 14.1. The van der Waals surface area contributed by atoms with Gasteiger partial charge in [0.05, 0.1) is 17.1 Å². The van der Waals surface area contributed by atoms with Crippen LogP contribution in [-0.2, 0) is 16.1 Å². The summed E-state index contributed by atoms with van der Waals surface area (Å²) >= 11 is 0. The molecule has 0 saturated heterocycles. The Morgan fingerprint density at radius 1 is 1.20 bits per heavy atom. The molecule has 1 aromatic heterocycles. The molecule has 1 aromatic carbocycles. The van der Waals surface area contributed by atoms with Crippen molar-refractivity contribution < 1.29 is 24.0 Å². The molecule has 0 bridgehead atoms. The number of ether oxygens (including phenoxy) is 2. The highest BCUT2D eigenvalue weighted by Gasteiger charge is 2.23. The number of nitro groups is 1. The van der Waals surface area contributed by atoms with Gasteiger partial charge < -0.3 is 14.5 Å². The number of carbonyl (C=O) groups is 2. The molecule has 0 radical (unpaired) electrons. The lowest BCUT2D eigenvalue weighted by Crippen LogP contribution is -2.09. The second kappa shape index (κ2) is 7.61. The SMILES string of the molecule is CCOC(=O)c1c(C)[nH]c(C(=O)OCc2cccc([N+](=O)[O-])c2)c1C. The molecule has 25 heavy (non-hydrogen) atoms. The Labute approximate surface area is 143 Å². The number of aromatic amines is 1. The van der Waals surface area contributed by atoms with Gasteiger partial charge in [-0.15, -0.1) is 0 Å². The second-order valence-corrected chi connectivity index (χ2v) is 5.35. The quantitative estimate of drug-likeness (QED) is 0.489. The van der Waals surface area contributed by atoms with Gasteiger partial charge in [0.1, 0.15) is 12.3 Å². The molecule has 2 rings (SSSR count). The maximum atomic E-state index is 12.3. The fourth-order valence-electron chi connectivity index (χ4n) is 2.44. The third-order valence-electron chi connectivity index (χ3n) is 3.61.